The van der Waals surface area contributed by atoms with E-state index in [4.69, 9.17) is 0 Å². The van der Waals surface area contributed by atoms with E-state index in [-0.39, 0.29) is 19.3 Å². The summed E-state index contributed by atoms with van der Waals surface area (Å²) in [6, 6.07) is 0. The quantitative estimate of drug-likeness (QED) is 0.574. The van der Waals surface area contributed by atoms with Gasteiger partial charge in [0.2, 0.25) is 0 Å². The fourth-order valence-electron chi connectivity index (χ4n) is 1.10. The molecule has 2 N–H and O–H groups in total. The average Bonchev–Trinajstić information content (AvgIpc) is 2.08. The summed E-state index contributed by atoms with van der Waals surface area (Å²) in [6.45, 7) is 0. The predicted octanol–water partition coefficient (Wildman–Crippen LogP) is 1.78. The van der Waals surface area contributed by atoms with Gasteiger partial charge in [-0.05, 0) is 0 Å². The lowest BCUT2D eigenvalue weighted by Crippen LogP contribution is -2.55. The predicted molar refractivity (Wildman–Crippen MR) is 62.9 cm³/mol. The maximum atomic E-state index is 9.53. The van der Waals surface area contributed by atoms with Gasteiger partial charge in [0.25, 0.3) is 0 Å². The molecule has 6 heteroatoms. The van der Waals surface area contributed by atoms with E-state index in [0.29, 0.717) is 0 Å². The van der Waals surface area contributed by atoms with E-state index in [2.05, 4.69) is 63.7 Å². The highest BCUT2D eigenvalue weighted by molar-refractivity contribution is 9.14. The molecule has 0 spiro atoms. The number of halogens is 4. The number of alkyl halides is 4. The first kappa shape index (κ1) is 11.9. The monoisotopic (exact) mass is 428 g/mol. The van der Waals surface area contributed by atoms with Gasteiger partial charge in [0, 0.05) is 9.65 Å². The van der Waals surface area contributed by atoms with Crippen molar-refractivity contribution < 1.29 is 10.2 Å². The molecule has 1 saturated carbocycles. The van der Waals surface area contributed by atoms with Crippen molar-refractivity contribution in [1.82, 2.24) is 0 Å². The van der Waals surface area contributed by atoms with E-state index in [1.807, 2.05) is 0 Å². The molecule has 0 aromatic heterocycles. The van der Waals surface area contributed by atoms with E-state index in [9.17, 15) is 10.2 Å². The zero-order valence-corrected chi connectivity index (χ0v) is 12.2. The lowest BCUT2D eigenvalue weighted by Gasteiger charge is -2.39. The van der Waals surface area contributed by atoms with E-state index in [1.165, 1.54) is 0 Å². The Hall–Kier alpha value is 1.84. The van der Waals surface area contributed by atoms with Gasteiger partial charge in [0.05, 0.1) is 21.9 Å². The summed E-state index contributed by atoms with van der Waals surface area (Å²) in [7, 11) is 0. The zero-order chi connectivity index (χ0) is 9.46. The molecule has 1 rings (SSSR count). The molecule has 0 aromatic carbocycles. The Balaban J connectivity index is 2.76. The maximum absolute atomic E-state index is 9.53. The zero-order valence-electron chi connectivity index (χ0n) is 5.87. The molecule has 2 nitrogen and oxygen atoms in total. The summed E-state index contributed by atoms with van der Waals surface area (Å²) in [5, 5.41) is 19.1. The fourth-order valence-corrected chi connectivity index (χ4v) is 4.49. The van der Waals surface area contributed by atoms with Crippen molar-refractivity contribution in [2.75, 3.05) is 0 Å². The van der Waals surface area contributed by atoms with Crippen LogP contribution >= 0.6 is 63.7 Å². The second kappa shape index (κ2) is 4.57. The van der Waals surface area contributed by atoms with Gasteiger partial charge in [0.1, 0.15) is 0 Å². The third-order valence-corrected chi connectivity index (χ3v) is 8.54. The third-order valence-electron chi connectivity index (χ3n) is 1.92. The summed E-state index contributed by atoms with van der Waals surface area (Å²) < 4.78 is 0. The third kappa shape index (κ3) is 2.08. The molecule has 0 bridgehead atoms. The van der Waals surface area contributed by atoms with Crippen LogP contribution in [0, 0.1) is 0 Å². The lowest BCUT2D eigenvalue weighted by molar-refractivity contribution is 0.00688. The van der Waals surface area contributed by atoms with Crippen LogP contribution in [0.3, 0.4) is 0 Å². The van der Waals surface area contributed by atoms with Crippen LogP contribution in [0.15, 0.2) is 0 Å². The van der Waals surface area contributed by atoms with E-state index < -0.39 is 12.2 Å². The highest BCUT2D eigenvalue weighted by Gasteiger charge is 2.45. The lowest BCUT2D eigenvalue weighted by atomic mass is 9.94. The first-order valence-corrected chi connectivity index (χ1v) is 7.05. The van der Waals surface area contributed by atoms with Gasteiger partial charge in [-0.1, -0.05) is 63.7 Å². The molecule has 0 aromatic rings. The molecule has 6 atom stereocenters. The van der Waals surface area contributed by atoms with Crippen LogP contribution in [0.5, 0.6) is 0 Å². The first-order chi connectivity index (χ1) is 5.46. The van der Waals surface area contributed by atoms with Gasteiger partial charge in [-0.3, -0.25) is 0 Å². The standard InChI is InChI=1S/C6H8Br4O2/c7-1-2(8)4(10)6(12)5(11)3(1)9/h1-6,11-12H/t1-,2-,3-,4+,5+,6-/m1/s1. The molecule has 0 heterocycles. The van der Waals surface area contributed by atoms with Gasteiger partial charge in [-0.2, -0.15) is 0 Å². The normalized spacial score (nSPS) is 55.5. The summed E-state index contributed by atoms with van der Waals surface area (Å²) in [5.74, 6) is 0. The molecule has 1 fully saturated rings. The number of rotatable bonds is 0. The molecule has 72 valence electrons. The number of aliphatic hydroxyl groups excluding tert-OH is 2. The van der Waals surface area contributed by atoms with E-state index in [0.717, 1.165) is 0 Å². The van der Waals surface area contributed by atoms with Gasteiger partial charge in [0.15, 0.2) is 0 Å². The summed E-state index contributed by atoms with van der Waals surface area (Å²) in [4.78, 5) is -0.0723. The van der Waals surface area contributed by atoms with Gasteiger partial charge in [-0.25, -0.2) is 0 Å². The number of aliphatic hydroxyl groups is 2. The van der Waals surface area contributed by atoms with Crippen LogP contribution in [0.2, 0.25) is 0 Å². The molecular weight excluding hydrogens is 424 g/mol. The Bertz CT molecular complexity index is 109. The number of hydrogen-bond acceptors (Lipinski definition) is 2. The van der Waals surface area contributed by atoms with Crippen LogP contribution in [-0.2, 0) is 0 Å². The Morgan fingerprint density at radius 1 is 0.583 bits per heavy atom. The molecule has 0 amide bonds. The molecule has 0 radical (unpaired) electrons. The summed E-state index contributed by atoms with van der Waals surface area (Å²) in [6.07, 6.45) is -1.49. The van der Waals surface area contributed by atoms with Crippen LogP contribution in [0.25, 0.3) is 0 Å². The largest absolute Gasteiger partial charge is 0.389 e. The Labute approximate surface area is 105 Å². The molecule has 0 unspecified atom stereocenters. The molecule has 0 aliphatic heterocycles. The second-order valence-electron chi connectivity index (χ2n) is 2.76. The molecule has 1 aliphatic carbocycles. The second-order valence-corrected chi connectivity index (χ2v) is 6.99. The van der Waals surface area contributed by atoms with E-state index in [1.54, 1.807) is 0 Å². The Morgan fingerprint density at radius 2 is 0.833 bits per heavy atom. The van der Waals surface area contributed by atoms with Crippen molar-refractivity contribution in [3.63, 3.8) is 0 Å². The summed E-state index contributed by atoms with van der Waals surface area (Å²) >= 11 is 13.5. The van der Waals surface area contributed by atoms with Crippen molar-refractivity contribution >= 4 is 63.7 Å². The van der Waals surface area contributed by atoms with E-state index >= 15 is 0 Å². The minimum Gasteiger partial charge on any atom is -0.389 e. The Kier molecular flexibility index (Phi) is 4.54. The van der Waals surface area contributed by atoms with Crippen LogP contribution in [0.1, 0.15) is 0 Å². The maximum Gasteiger partial charge on any atom is 0.0946 e. The van der Waals surface area contributed by atoms with Crippen molar-refractivity contribution in [1.29, 1.82) is 0 Å². The van der Waals surface area contributed by atoms with Crippen molar-refractivity contribution in [3.8, 4) is 0 Å². The smallest absolute Gasteiger partial charge is 0.0946 e. The van der Waals surface area contributed by atoms with Crippen LogP contribution in [-0.4, -0.2) is 41.7 Å². The topological polar surface area (TPSA) is 40.5 Å². The van der Waals surface area contributed by atoms with Crippen LogP contribution < -0.4 is 0 Å². The first-order valence-electron chi connectivity index (χ1n) is 3.39. The minimum absolute atomic E-state index is 0.0975. The molecule has 0 saturated heterocycles. The van der Waals surface area contributed by atoms with Crippen molar-refractivity contribution in [3.05, 3.63) is 0 Å². The molecule has 12 heavy (non-hydrogen) atoms. The number of hydrogen-bond donors (Lipinski definition) is 2. The molecular formula is C6H8Br4O2. The van der Waals surface area contributed by atoms with Crippen molar-refractivity contribution in [2.45, 2.75) is 31.5 Å². The fraction of sp³-hybridized carbons (Fsp3) is 1.00. The van der Waals surface area contributed by atoms with Gasteiger partial charge < -0.3 is 10.2 Å². The highest BCUT2D eigenvalue weighted by atomic mass is 79.9. The van der Waals surface area contributed by atoms with Gasteiger partial charge >= 0.3 is 0 Å². The van der Waals surface area contributed by atoms with Crippen molar-refractivity contribution in [2.24, 2.45) is 0 Å². The average molecular weight is 432 g/mol. The minimum atomic E-state index is -0.743. The van der Waals surface area contributed by atoms with Gasteiger partial charge in [-0.15, -0.1) is 0 Å². The highest BCUT2D eigenvalue weighted by Crippen LogP contribution is 2.38. The Morgan fingerprint density at radius 3 is 1.08 bits per heavy atom. The summed E-state index contributed by atoms with van der Waals surface area (Å²) in [5.41, 5.74) is 0. The van der Waals surface area contributed by atoms with Crippen LogP contribution in [0.4, 0.5) is 0 Å². The SMILES string of the molecule is O[C@@H]1[C@H](O)[C@@H](Br)[C@H](Br)[C@@H](Br)[C@H]1Br. The molecule has 1 aliphatic rings.